The van der Waals surface area contributed by atoms with Crippen LogP contribution in [0.25, 0.3) is 10.2 Å². The quantitative estimate of drug-likeness (QED) is 0.477. The van der Waals surface area contributed by atoms with Crippen LogP contribution in [0.2, 0.25) is 10.0 Å². The maximum atomic E-state index is 12.7. The van der Waals surface area contributed by atoms with Gasteiger partial charge in [-0.3, -0.25) is 4.79 Å². The Morgan fingerprint density at radius 1 is 1.15 bits per heavy atom. The number of amides is 1. The van der Waals surface area contributed by atoms with Crippen molar-refractivity contribution in [2.75, 3.05) is 43.5 Å². The molecule has 3 heterocycles. The van der Waals surface area contributed by atoms with Gasteiger partial charge in [0.15, 0.2) is 5.82 Å². The van der Waals surface area contributed by atoms with Gasteiger partial charge in [0.05, 0.1) is 35.9 Å². The number of quaternary nitrogens is 1. The second-order valence-electron chi connectivity index (χ2n) is 8.44. The third-order valence-electron chi connectivity index (χ3n) is 6.09. The zero-order valence-electron chi connectivity index (χ0n) is 18.2. The number of benzene rings is 1. The van der Waals surface area contributed by atoms with E-state index >= 15 is 0 Å². The molecule has 10 heteroatoms. The maximum Gasteiger partial charge on any atom is 0.243 e. The van der Waals surface area contributed by atoms with Crippen molar-refractivity contribution in [3.8, 4) is 0 Å². The second-order valence-corrected chi connectivity index (χ2v) is 10.4. The van der Waals surface area contributed by atoms with Gasteiger partial charge in [0.25, 0.3) is 0 Å². The molecule has 1 aromatic carbocycles. The number of carbonyl (C=O) groups excluding carboxylic acids is 1. The van der Waals surface area contributed by atoms with Crippen LogP contribution in [0.1, 0.15) is 29.1 Å². The Balaban J connectivity index is 1.39. The summed E-state index contributed by atoms with van der Waals surface area (Å²) in [4.78, 5) is 26.3. The molecule has 5 rings (SSSR count). The van der Waals surface area contributed by atoms with Crippen LogP contribution >= 0.6 is 34.5 Å². The van der Waals surface area contributed by atoms with Crippen LogP contribution in [-0.4, -0.2) is 48.7 Å². The van der Waals surface area contributed by atoms with Crippen molar-refractivity contribution in [1.82, 2.24) is 9.97 Å². The van der Waals surface area contributed by atoms with Crippen LogP contribution in [0.3, 0.4) is 0 Å². The lowest BCUT2D eigenvalue weighted by molar-refractivity contribution is -0.922. The van der Waals surface area contributed by atoms with Crippen LogP contribution in [0, 0.1) is 0 Å². The van der Waals surface area contributed by atoms with Gasteiger partial charge in [0.2, 0.25) is 5.91 Å². The van der Waals surface area contributed by atoms with Crippen molar-refractivity contribution in [3.05, 3.63) is 44.5 Å². The van der Waals surface area contributed by atoms with Crippen LogP contribution in [0.15, 0.2) is 18.2 Å². The molecular weight excluding hydrogens is 481 g/mol. The fourth-order valence-corrected chi connectivity index (χ4v) is 6.04. The fourth-order valence-electron chi connectivity index (χ4n) is 4.42. The topological polar surface area (TPSA) is 80.6 Å². The first kappa shape index (κ1) is 22.8. The van der Waals surface area contributed by atoms with E-state index in [1.54, 1.807) is 29.5 Å². The molecule has 1 saturated heterocycles. The van der Waals surface area contributed by atoms with Gasteiger partial charge in [-0.25, -0.2) is 9.97 Å². The number of nitrogens with zero attached hydrogens (tertiary/aromatic N) is 2. The van der Waals surface area contributed by atoms with Crippen molar-refractivity contribution in [2.45, 2.75) is 32.2 Å². The number of halogens is 2. The number of aromatic nitrogens is 2. The van der Waals surface area contributed by atoms with E-state index in [9.17, 15) is 4.79 Å². The number of nitrogens with one attached hydrogen (secondary N) is 3. The number of anilines is 2. The molecule has 2 aliphatic rings. The van der Waals surface area contributed by atoms with Crippen molar-refractivity contribution in [1.29, 1.82) is 0 Å². The summed E-state index contributed by atoms with van der Waals surface area (Å²) in [5.74, 6) is 1.34. The minimum absolute atomic E-state index is 0.0728. The highest BCUT2D eigenvalue weighted by molar-refractivity contribution is 7.19. The summed E-state index contributed by atoms with van der Waals surface area (Å²) in [6, 6.07) is 5.00. The minimum atomic E-state index is -0.213. The molecule has 0 bridgehead atoms. The first-order valence-corrected chi connectivity index (χ1v) is 12.9. The molecule has 2 aromatic heterocycles. The van der Waals surface area contributed by atoms with Crippen molar-refractivity contribution in [2.24, 2.45) is 0 Å². The van der Waals surface area contributed by atoms with Gasteiger partial charge in [-0.2, -0.15) is 0 Å². The van der Waals surface area contributed by atoms with Gasteiger partial charge < -0.3 is 20.3 Å². The van der Waals surface area contributed by atoms with Gasteiger partial charge in [-0.05, 0) is 49.4 Å². The number of rotatable bonds is 6. The molecule has 0 atom stereocenters. The lowest BCUT2D eigenvalue weighted by atomic mass is 9.97. The number of carbonyl (C=O) groups is 1. The SMILES string of the molecule is O=C(CNc1nc(C[NH+]2CCOCC2)nc2sc3c(c12)CCCC3)Nc1cc(Cl)ccc1Cl. The summed E-state index contributed by atoms with van der Waals surface area (Å²) in [7, 11) is 0. The highest BCUT2D eigenvalue weighted by Crippen LogP contribution is 2.38. The Hall–Kier alpha value is -1.97. The summed E-state index contributed by atoms with van der Waals surface area (Å²) in [6.07, 6.45) is 4.51. The summed E-state index contributed by atoms with van der Waals surface area (Å²) >= 11 is 14.0. The Kier molecular flexibility index (Phi) is 6.99. The highest BCUT2D eigenvalue weighted by atomic mass is 35.5. The Morgan fingerprint density at radius 2 is 1.97 bits per heavy atom. The molecule has 33 heavy (non-hydrogen) atoms. The standard InChI is InChI=1S/C23H25Cl2N5O2S/c24-14-5-6-16(25)17(11-14)27-20(31)12-26-22-21-15-3-1-2-4-18(15)33-23(21)29-19(28-22)13-30-7-9-32-10-8-30/h5-6,11H,1-4,7-10,12-13H2,(H,27,31)(H,26,28,29)/p+1. The Labute approximate surface area is 206 Å². The van der Waals surface area contributed by atoms with Gasteiger partial charge in [0.1, 0.15) is 30.3 Å². The van der Waals surface area contributed by atoms with Gasteiger partial charge >= 0.3 is 0 Å². The van der Waals surface area contributed by atoms with Gasteiger partial charge in [0, 0.05) is 9.90 Å². The second kappa shape index (κ2) is 10.1. The molecule has 174 valence electrons. The highest BCUT2D eigenvalue weighted by Gasteiger charge is 2.23. The number of ether oxygens (including phenoxy) is 1. The zero-order chi connectivity index (χ0) is 22.8. The van der Waals surface area contributed by atoms with E-state index in [4.69, 9.17) is 37.9 Å². The molecule has 0 spiro atoms. The van der Waals surface area contributed by atoms with Gasteiger partial charge in [-0.15, -0.1) is 11.3 Å². The smallest absolute Gasteiger partial charge is 0.243 e. The molecule has 7 nitrogen and oxygen atoms in total. The number of thiophene rings is 1. The maximum absolute atomic E-state index is 12.7. The Morgan fingerprint density at radius 3 is 2.82 bits per heavy atom. The molecule has 0 radical (unpaired) electrons. The van der Waals surface area contributed by atoms with E-state index in [2.05, 4.69) is 10.6 Å². The number of hydrogen-bond donors (Lipinski definition) is 3. The third kappa shape index (κ3) is 5.25. The normalized spacial score (nSPS) is 16.5. The summed E-state index contributed by atoms with van der Waals surface area (Å²) in [6.45, 7) is 4.26. The average Bonchev–Trinajstić information content (AvgIpc) is 3.19. The number of morpholine rings is 1. The van der Waals surface area contributed by atoms with E-state index in [0.29, 0.717) is 15.7 Å². The van der Waals surface area contributed by atoms with Crippen molar-refractivity contribution >= 4 is 62.2 Å². The summed E-state index contributed by atoms with van der Waals surface area (Å²) < 4.78 is 5.48. The molecule has 3 aromatic rings. The number of aryl methyl sites for hydroxylation is 2. The first-order chi connectivity index (χ1) is 16.1. The molecule has 1 aliphatic heterocycles. The molecule has 1 aliphatic carbocycles. The summed E-state index contributed by atoms with van der Waals surface area (Å²) in [5.41, 5.74) is 1.83. The first-order valence-electron chi connectivity index (χ1n) is 11.3. The predicted octanol–water partition coefficient (Wildman–Crippen LogP) is 3.34. The van der Waals surface area contributed by atoms with Crippen LogP contribution in [0.5, 0.6) is 0 Å². The Bertz CT molecular complexity index is 1180. The summed E-state index contributed by atoms with van der Waals surface area (Å²) in [5, 5.41) is 8.15. The largest absolute Gasteiger partial charge is 0.370 e. The van der Waals surface area contributed by atoms with Crippen LogP contribution < -0.4 is 15.5 Å². The monoisotopic (exact) mass is 506 g/mol. The lowest BCUT2D eigenvalue weighted by Crippen LogP contribution is -3.12. The van der Waals surface area contributed by atoms with Crippen LogP contribution in [-0.2, 0) is 28.9 Å². The molecule has 0 unspecified atom stereocenters. The van der Waals surface area contributed by atoms with Crippen molar-refractivity contribution in [3.63, 3.8) is 0 Å². The fraction of sp³-hybridized carbons (Fsp3) is 0.435. The van der Waals surface area contributed by atoms with E-state index in [0.717, 1.165) is 67.5 Å². The predicted molar refractivity (Wildman–Crippen MR) is 133 cm³/mol. The lowest BCUT2D eigenvalue weighted by Gasteiger charge is -2.23. The third-order valence-corrected chi connectivity index (χ3v) is 7.84. The number of fused-ring (bicyclic) bond motifs is 3. The van der Waals surface area contributed by atoms with E-state index in [1.807, 2.05) is 0 Å². The van der Waals surface area contributed by atoms with E-state index in [-0.39, 0.29) is 12.5 Å². The van der Waals surface area contributed by atoms with Crippen LogP contribution in [0.4, 0.5) is 11.5 Å². The average molecular weight is 507 g/mol. The molecule has 1 fully saturated rings. The molecular formula is C23H26Cl2N5O2S+. The zero-order valence-corrected chi connectivity index (χ0v) is 20.5. The van der Waals surface area contributed by atoms with E-state index in [1.165, 1.54) is 28.2 Å². The minimum Gasteiger partial charge on any atom is -0.370 e. The van der Waals surface area contributed by atoms with Crippen molar-refractivity contribution < 1.29 is 14.4 Å². The number of hydrogen-bond acceptors (Lipinski definition) is 6. The molecule has 1 amide bonds. The molecule has 0 saturated carbocycles. The van der Waals surface area contributed by atoms with Gasteiger partial charge in [-0.1, -0.05) is 23.2 Å². The van der Waals surface area contributed by atoms with E-state index < -0.39 is 0 Å². The molecule has 3 N–H and O–H groups in total.